The predicted octanol–water partition coefficient (Wildman–Crippen LogP) is 8.83. The van der Waals surface area contributed by atoms with Gasteiger partial charge in [0.15, 0.2) is 0 Å². The van der Waals surface area contributed by atoms with E-state index in [-0.39, 0.29) is 23.7 Å². The molecule has 0 aromatic heterocycles. The van der Waals surface area contributed by atoms with Crippen LogP contribution in [0.25, 0.3) is 0 Å². The predicted molar refractivity (Wildman–Crippen MR) is 142 cm³/mol. The summed E-state index contributed by atoms with van der Waals surface area (Å²) in [7, 11) is 0. The average Bonchev–Trinajstić information content (AvgIpc) is 2.72. The van der Waals surface area contributed by atoms with Crippen molar-refractivity contribution in [2.75, 3.05) is 13.2 Å². The van der Waals surface area contributed by atoms with E-state index in [4.69, 9.17) is 18.9 Å². The van der Waals surface area contributed by atoms with Gasteiger partial charge in [-0.1, -0.05) is 71.4 Å². The first-order valence-electron chi connectivity index (χ1n) is 14.0. The third-order valence-corrected chi connectivity index (χ3v) is 5.69. The molecule has 1 atom stereocenters. The van der Waals surface area contributed by atoms with Crippen molar-refractivity contribution in [3.05, 3.63) is 12.2 Å². The quantitative estimate of drug-likeness (QED) is 0.0899. The highest BCUT2D eigenvalue weighted by molar-refractivity contribution is 5.06. The van der Waals surface area contributed by atoms with Crippen LogP contribution in [0.4, 0.5) is 0 Å². The van der Waals surface area contributed by atoms with E-state index in [9.17, 15) is 0 Å². The lowest BCUT2D eigenvalue weighted by molar-refractivity contribution is -0.449. The maximum Gasteiger partial charge on any atom is 0.293 e. The van der Waals surface area contributed by atoms with E-state index in [0.717, 1.165) is 51.7 Å². The van der Waals surface area contributed by atoms with Gasteiger partial charge in [0.2, 0.25) is 0 Å². The second-order valence-corrected chi connectivity index (χ2v) is 10.3. The third kappa shape index (κ3) is 13.3. The topological polar surface area (TPSA) is 36.9 Å². The van der Waals surface area contributed by atoms with Crippen molar-refractivity contribution < 1.29 is 18.9 Å². The largest absolute Gasteiger partial charge is 0.381 e. The van der Waals surface area contributed by atoms with Crippen LogP contribution in [-0.2, 0) is 18.9 Å². The molecule has 4 nitrogen and oxygen atoms in total. The van der Waals surface area contributed by atoms with E-state index >= 15 is 0 Å². The van der Waals surface area contributed by atoms with Crippen LogP contribution >= 0.6 is 0 Å². The molecule has 0 aliphatic heterocycles. The molecule has 0 amide bonds. The first-order chi connectivity index (χ1) is 15.7. The summed E-state index contributed by atoms with van der Waals surface area (Å²) < 4.78 is 25.8. The number of ether oxygens (including phenoxy) is 4. The molecule has 0 aromatic carbocycles. The van der Waals surface area contributed by atoms with Gasteiger partial charge in [0, 0.05) is 13.2 Å². The maximum atomic E-state index is 6.66. The lowest BCUT2D eigenvalue weighted by Crippen LogP contribution is -2.57. The Bertz CT molecular complexity index is 446. The molecule has 1 unspecified atom stereocenters. The van der Waals surface area contributed by atoms with Crippen molar-refractivity contribution in [1.29, 1.82) is 0 Å². The van der Waals surface area contributed by atoms with Gasteiger partial charge in [-0.15, -0.1) is 0 Å². The van der Waals surface area contributed by atoms with Crippen molar-refractivity contribution in [2.24, 2.45) is 5.41 Å². The Morgan fingerprint density at radius 3 is 1.61 bits per heavy atom. The molecule has 0 N–H and O–H groups in total. The molecule has 0 aliphatic rings. The Hall–Kier alpha value is -0.420. The average molecular weight is 471 g/mol. The molecule has 0 radical (unpaired) electrons. The standard InChI is InChI=1S/C29H58O4/c1-10-13-15-16-17-18-21-28(20-14-11-2,22-19-24-30-23-12-3)29(31-25(4)5,32-26(6)7)33-27(8)9/h14,20,25-27H,10-13,15-19,21-24H2,1-9H3. The van der Waals surface area contributed by atoms with Crippen molar-refractivity contribution in [2.45, 2.75) is 157 Å². The lowest BCUT2D eigenvalue weighted by atomic mass is 9.74. The minimum absolute atomic E-state index is 0.0159. The highest BCUT2D eigenvalue weighted by Gasteiger charge is 2.55. The van der Waals surface area contributed by atoms with Gasteiger partial charge in [0.1, 0.15) is 0 Å². The second-order valence-electron chi connectivity index (χ2n) is 10.3. The van der Waals surface area contributed by atoms with Gasteiger partial charge in [-0.25, -0.2) is 0 Å². The molecule has 4 heteroatoms. The number of allylic oxidation sites excluding steroid dienone is 1. The fourth-order valence-electron chi connectivity index (χ4n) is 4.37. The summed E-state index contributed by atoms with van der Waals surface area (Å²) in [5, 5.41) is 0. The number of hydrogen-bond acceptors (Lipinski definition) is 4. The summed E-state index contributed by atoms with van der Waals surface area (Å²) in [5.74, 6) is -1.12. The third-order valence-electron chi connectivity index (χ3n) is 5.69. The fraction of sp³-hybridized carbons (Fsp3) is 0.931. The molecule has 0 fully saturated rings. The molecule has 0 aliphatic carbocycles. The van der Waals surface area contributed by atoms with E-state index in [2.05, 4.69) is 74.5 Å². The van der Waals surface area contributed by atoms with Crippen LogP contribution in [0.1, 0.15) is 133 Å². The molecule has 0 bridgehead atoms. The summed E-state index contributed by atoms with van der Waals surface area (Å²) in [6.45, 7) is 20.6. The highest BCUT2D eigenvalue weighted by atomic mass is 16.9. The number of hydrogen-bond donors (Lipinski definition) is 0. The number of rotatable bonds is 22. The van der Waals surface area contributed by atoms with Crippen molar-refractivity contribution in [3.8, 4) is 0 Å². The molecular formula is C29H58O4. The Kier molecular flexibility index (Phi) is 18.6. The van der Waals surface area contributed by atoms with E-state index in [1.54, 1.807) is 0 Å². The van der Waals surface area contributed by atoms with Gasteiger partial charge in [0.05, 0.1) is 23.7 Å². The van der Waals surface area contributed by atoms with Crippen LogP contribution in [0.5, 0.6) is 0 Å². The molecule has 0 rings (SSSR count). The molecule has 0 saturated heterocycles. The minimum Gasteiger partial charge on any atom is -0.381 e. The van der Waals surface area contributed by atoms with Crippen molar-refractivity contribution in [3.63, 3.8) is 0 Å². The zero-order chi connectivity index (χ0) is 25.2. The zero-order valence-electron chi connectivity index (χ0n) is 23.7. The van der Waals surface area contributed by atoms with Gasteiger partial charge in [0.25, 0.3) is 5.97 Å². The molecule has 0 heterocycles. The Labute approximate surface area is 207 Å². The lowest BCUT2D eigenvalue weighted by Gasteiger charge is -2.50. The van der Waals surface area contributed by atoms with Crippen LogP contribution in [0.15, 0.2) is 12.2 Å². The van der Waals surface area contributed by atoms with Gasteiger partial charge in [-0.3, -0.25) is 0 Å². The Morgan fingerprint density at radius 2 is 1.12 bits per heavy atom. The second kappa shape index (κ2) is 18.9. The van der Waals surface area contributed by atoms with Crippen LogP contribution in [-0.4, -0.2) is 37.5 Å². The molecule has 0 spiro atoms. The van der Waals surface area contributed by atoms with Gasteiger partial charge in [-0.05, 0) is 73.6 Å². The monoisotopic (exact) mass is 470 g/mol. The van der Waals surface area contributed by atoms with Crippen LogP contribution < -0.4 is 0 Å². The molecule has 0 aromatic rings. The van der Waals surface area contributed by atoms with E-state index in [1.165, 1.54) is 32.1 Å². The minimum atomic E-state index is -1.12. The Balaban J connectivity index is 6.14. The zero-order valence-corrected chi connectivity index (χ0v) is 23.7. The molecule has 198 valence electrons. The maximum absolute atomic E-state index is 6.66. The molecule has 33 heavy (non-hydrogen) atoms. The number of unbranched alkanes of at least 4 members (excludes halogenated alkanes) is 5. The summed E-state index contributed by atoms with van der Waals surface area (Å²) in [6.07, 6.45) is 17.0. The SMILES string of the molecule is CCC=CC(CCCCCCCC)(CCCOCCC)C(OC(C)C)(OC(C)C)OC(C)C. The summed E-state index contributed by atoms with van der Waals surface area (Å²) in [6, 6.07) is 0. The van der Waals surface area contributed by atoms with Gasteiger partial charge >= 0.3 is 0 Å². The molecule has 0 saturated carbocycles. The van der Waals surface area contributed by atoms with Crippen molar-refractivity contribution in [1.82, 2.24) is 0 Å². The van der Waals surface area contributed by atoms with Crippen LogP contribution in [0.2, 0.25) is 0 Å². The summed E-state index contributed by atoms with van der Waals surface area (Å²) in [4.78, 5) is 0. The van der Waals surface area contributed by atoms with Crippen LogP contribution in [0, 0.1) is 5.41 Å². The fourth-order valence-corrected chi connectivity index (χ4v) is 4.37. The van der Waals surface area contributed by atoms with E-state index in [1.807, 2.05) is 0 Å². The normalized spacial score (nSPS) is 14.8. The first kappa shape index (κ1) is 32.6. The highest BCUT2D eigenvalue weighted by Crippen LogP contribution is 2.48. The van der Waals surface area contributed by atoms with Gasteiger partial charge < -0.3 is 18.9 Å². The first-order valence-corrected chi connectivity index (χ1v) is 14.0. The molecular weight excluding hydrogens is 412 g/mol. The van der Waals surface area contributed by atoms with Crippen molar-refractivity contribution >= 4 is 0 Å². The smallest absolute Gasteiger partial charge is 0.293 e. The van der Waals surface area contributed by atoms with E-state index in [0.29, 0.717) is 0 Å². The summed E-state index contributed by atoms with van der Waals surface area (Å²) >= 11 is 0. The van der Waals surface area contributed by atoms with Crippen LogP contribution in [0.3, 0.4) is 0 Å². The van der Waals surface area contributed by atoms with Gasteiger partial charge in [-0.2, -0.15) is 0 Å². The van der Waals surface area contributed by atoms with E-state index < -0.39 is 5.97 Å². The summed E-state index contributed by atoms with van der Waals surface area (Å²) in [5.41, 5.74) is -0.373. The Morgan fingerprint density at radius 1 is 0.606 bits per heavy atom.